The third-order valence-electron chi connectivity index (χ3n) is 15.1. The normalized spacial score (nSPS) is 10.6. The van der Waals surface area contributed by atoms with Gasteiger partial charge in [-0.2, -0.15) is 31.6 Å². The van der Waals surface area contributed by atoms with Gasteiger partial charge in [0, 0.05) is 32.7 Å². The van der Waals surface area contributed by atoms with E-state index in [1.54, 1.807) is 72.8 Å². The summed E-state index contributed by atoms with van der Waals surface area (Å²) in [5.41, 5.74) is 14.5. The number of aryl methyl sites for hydroxylation is 1. The van der Waals surface area contributed by atoms with E-state index in [0.717, 1.165) is 49.3 Å². The van der Waals surface area contributed by atoms with Gasteiger partial charge in [-0.25, -0.2) is 19.4 Å². The second-order valence-corrected chi connectivity index (χ2v) is 19.6. The van der Waals surface area contributed by atoms with Crippen LogP contribution in [-0.4, -0.2) is 9.13 Å². The molecule has 0 N–H and O–H groups in total. The van der Waals surface area contributed by atoms with Crippen molar-refractivity contribution in [3.8, 4) is 103 Å². The quantitative estimate of drug-likeness (QED) is 0.144. The lowest BCUT2D eigenvalue weighted by atomic mass is 9.94. The highest BCUT2D eigenvalue weighted by Gasteiger charge is 2.25. The number of nitrogens with zero attached hydrogens (tertiary/aromatic N) is 12. The van der Waals surface area contributed by atoms with E-state index in [1.807, 2.05) is 115 Å². The van der Waals surface area contributed by atoms with Gasteiger partial charge in [0.05, 0.1) is 123 Å². The van der Waals surface area contributed by atoms with E-state index in [4.69, 9.17) is 26.3 Å². The van der Waals surface area contributed by atoms with Crippen LogP contribution in [0.3, 0.4) is 0 Å². The highest BCUT2D eigenvalue weighted by molar-refractivity contribution is 6.14. The van der Waals surface area contributed by atoms with Crippen LogP contribution in [0.15, 0.2) is 176 Å². The van der Waals surface area contributed by atoms with Gasteiger partial charge in [0.25, 0.3) is 0 Å². The average Bonchev–Trinajstić information content (AvgIpc) is 1.94. The third-order valence-corrected chi connectivity index (χ3v) is 15.1. The third kappa shape index (κ3) is 8.32. The Balaban J connectivity index is 1.18. The molecule has 12 nitrogen and oxygen atoms in total. The molecule has 0 unspecified atom stereocenters. The zero-order valence-corrected chi connectivity index (χ0v) is 43.6. The molecule has 2 heterocycles. The molecule has 0 atom stereocenters. The highest BCUT2D eigenvalue weighted by Crippen LogP contribution is 2.46. The highest BCUT2D eigenvalue weighted by atomic mass is 15.0. The summed E-state index contributed by atoms with van der Waals surface area (Å²) in [5, 5.41) is 65.6. The van der Waals surface area contributed by atoms with Crippen molar-refractivity contribution in [2.45, 2.75) is 6.92 Å². The van der Waals surface area contributed by atoms with Crippen LogP contribution in [0.2, 0.25) is 0 Å². The van der Waals surface area contributed by atoms with Crippen LogP contribution >= 0.6 is 0 Å². The summed E-state index contributed by atoms with van der Waals surface area (Å²) in [6.45, 7) is 33.3. The Labute approximate surface area is 475 Å². The van der Waals surface area contributed by atoms with Crippen LogP contribution in [0.4, 0.5) is 22.7 Å². The summed E-state index contributed by atoms with van der Waals surface area (Å²) in [5.74, 6) is 0. The predicted molar refractivity (Wildman–Crippen MR) is 320 cm³/mol. The van der Waals surface area contributed by atoms with Gasteiger partial charge in [0.2, 0.25) is 0 Å². The first kappa shape index (κ1) is 50.5. The lowest BCUT2D eigenvalue weighted by molar-refractivity contribution is 1.13. The Hall–Kier alpha value is -13.3. The van der Waals surface area contributed by atoms with E-state index < -0.39 is 0 Å². The molecule has 0 aliphatic carbocycles. The maximum atomic E-state index is 11.6. The van der Waals surface area contributed by atoms with Crippen LogP contribution in [0.5, 0.6) is 0 Å². The predicted octanol–water partition coefficient (Wildman–Crippen LogP) is 18.0. The van der Waals surface area contributed by atoms with Gasteiger partial charge in [0.1, 0.15) is 6.07 Å². The fourth-order valence-electron chi connectivity index (χ4n) is 11.2. The molecule has 0 spiro atoms. The van der Waals surface area contributed by atoms with Crippen molar-refractivity contribution >= 4 is 66.4 Å². The number of hydrogen-bond donors (Lipinski definition) is 0. The van der Waals surface area contributed by atoms with Gasteiger partial charge in [-0.15, -0.1) is 0 Å². The number of fused-ring (bicyclic) bond motifs is 6. The first-order valence-electron chi connectivity index (χ1n) is 25.5. The summed E-state index contributed by atoms with van der Waals surface area (Å²) in [7, 11) is 0. The van der Waals surface area contributed by atoms with Crippen molar-refractivity contribution in [2.75, 3.05) is 0 Å². The largest absolute Gasteiger partial charge is 0.309 e. The van der Waals surface area contributed by atoms with E-state index in [1.165, 1.54) is 0 Å². The molecule has 0 amide bonds. The molecular formula is C71H32N12. The monoisotopic (exact) mass is 1050 g/mol. The van der Waals surface area contributed by atoms with E-state index >= 15 is 0 Å². The molecule has 0 aliphatic rings. The average molecular weight is 1050 g/mol. The van der Waals surface area contributed by atoms with Crippen LogP contribution in [-0.2, 0) is 0 Å². The second kappa shape index (κ2) is 20.2. The molecule has 10 aromatic carbocycles. The molecule has 12 heteroatoms. The summed E-state index contributed by atoms with van der Waals surface area (Å²) in [6.07, 6.45) is 0. The van der Waals surface area contributed by atoms with E-state index in [9.17, 15) is 31.6 Å². The lowest BCUT2D eigenvalue weighted by Crippen LogP contribution is -2.04. The molecule has 12 aromatic rings. The van der Waals surface area contributed by atoms with Gasteiger partial charge >= 0.3 is 0 Å². The minimum atomic E-state index is 0.269. The number of nitriles is 6. The summed E-state index contributed by atoms with van der Waals surface area (Å²) >= 11 is 0. The standard InChI is InChI=1S/C71H32N12/c1-41-6-15-56(48(24-41)37-74)63-34-70(82-66-20-9-44(54-16-7-42(35-72)25-49(54)38-75)27-59(66)60-28-45(10-21-67(60)82)55-17-8-43(36-73)26-50(55)39-76)51(40-77)31-71(63)83-68-22-11-46(57-18-13-52(78-2)32-64(57)80-4)29-61(68)62-30-47(12-23-69(62)83)58-19-14-53(79-3)33-65(58)81-5/h6-34H,1H3. The Morgan fingerprint density at radius 3 is 1.10 bits per heavy atom. The molecule has 0 saturated heterocycles. The molecule has 376 valence electrons. The number of rotatable bonds is 7. The molecule has 0 fully saturated rings. The topological polar surface area (TPSA) is 170 Å². The first-order chi connectivity index (χ1) is 40.6. The SMILES string of the molecule is [C-]#[N+]c1ccc(-c2ccc3c(c2)c2cc(-c4ccc([N+]#[C-])cc4[N+]#[C-])ccc2n3-c2cc(C#N)c(-n3c4ccc(-c5ccc(C#N)cc5C#N)cc4c4cc(-c5ccc(C#N)cc5C#N)ccc43)cc2-c2ccc(C)cc2C#N)c([N+]#[C-])c1. The molecule has 2 aromatic heterocycles. The van der Waals surface area contributed by atoms with Crippen molar-refractivity contribution in [3.63, 3.8) is 0 Å². The summed E-state index contributed by atoms with van der Waals surface area (Å²) < 4.78 is 4.07. The molecule has 0 radical (unpaired) electrons. The minimum Gasteiger partial charge on any atom is -0.309 e. The van der Waals surface area contributed by atoms with Crippen LogP contribution in [0, 0.1) is 101 Å². The minimum absolute atomic E-state index is 0.269. The molecule has 0 bridgehead atoms. The van der Waals surface area contributed by atoms with Gasteiger partial charge < -0.3 is 9.13 Å². The smallest absolute Gasteiger partial charge is 0.184 e. The summed E-state index contributed by atoms with van der Waals surface area (Å²) in [6, 6.07) is 66.5. The zero-order chi connectivity index (χ0) is 57.6. The number of aromatic nitrogens is 2. The van der Waals surface area contributed by atoms with Crippen LogP contribution in [0.25, 0.3) is 130 Å². The van der Waals surface area contributed by atoms with Gasteiger partial charge in [-0.05, 0) is 148 Å². The van der Waals surface area contributed by atoms with Crippen molar-refractivity contribution < 1.29 is 0 Å². The van der Waals surface area contributed by atoms with Gasteiger partial charge in [-0.1, -0.05) is 84.9 Å². The zero-order valence-electron chi connectivity index (χ0n) is 43.6. The van der Waals surface area contributed by atoms with Gasteiger partial charge in [0.15, 0.2) is 22.7 Å². The van der Waals surface area contributed by atoms with E-state index in [-0.39, 0.29) is 5.56 Å². The Morgan fingerprint density at radius 1 is 0.313 bits per heavy atom. The molecular weight excluding hydrogens is 1020 g/mol. The fraction of sp³-hybridized carbons (Fsp3) is 0.0141. The lowest BCUT2D eigenvalue weighted by Gasteiger charge is -2.20. The van der Waals surface area contributed by atoms with Crippen LogP contribution < -0.4 is 0 Å². The van der Waals surface area contributed by atoms with Gasteiger partial charge in [-0.3, -0.25) is 0 Å². The maximum Gasteiger partial charge on any atom is 0.184 e. The summed E-state index contributed by atoms with van der Waals surface area (Å²) in [4.78, 5) is 14.7. The van der Waals surface area contributed by atoms with E-state index in [2.05, 4.69) is 60.4 Å². The van der Waals surface area contributed by atoms with Crippen molar-refractivity contribution in [3.05, 3.63) is 261 Å². The maximum absolute atomic E-state index is 11.6. The number of hydrogen-bond acceptors (Lipinski definition) is 6. The first-order valence-corrected chi connectivity index (χ1v) is 25.5. The van der Waals surface area contributed by atoms with Crippen molar-refractivity contribution in [1.82, 2.24) is 9.13 Å². The molecule has 83 heavy (non-hydrogen) atoms. The fourth-order valence-corrected chi connectivity index (χ4v) is 11.2. The second-order valence-electron chi connectivity index (χ2n) is 19.6. The molecule has 0 aliphatic heterocycles. The van der Waals surface area contributed by atoms with Crippen molar-refractivity contribution in [2.24, 2.45) is 0 Å². The Morgan fingerprint density at radius 2 is 0.699 bits per heavy atom. The van der Waals surface area contributed by atoms with Crippen LogP contribution in [0.1, 0.15) is 38.9 Å². The van der Waals surface area contributed by atoms with E-state index in [0.29, 0.717) is 117 Å². The molecule has 12 rings (SSSR count). The molecule has 0 saturated carbocycles. The number of benzene rings is 10. The Bertz CT molecular complexity index is 5100. The Kier molecular flexibility index (Phi) is 12.3. The van der Waals surface area contributed by atoms with Crippen molar-refractivity contribution in [1.29, 1.82) is 31.6 Å².